The van der Waals surface area contributed by atoms with Gasteiger partial charge in [-0.2, -0.15) is 0 Å². The lowest BCUT2D eigenvalue weighted by Gasteiger charge is -2.45. The van der Waals surface area contributed by atoms with Crippen LogP contribution >= 0.6 is 11.6 Å². The highest BCUT2D eigenvalue weighted by Gasteiger charge is 2.58. The zero-order valence-electron chi connectivity index (χ0n) is 16.9. The first-order chi connectivity index (χ1) is 14.5. The summed E-state index contributed by atoms with van der Waals surface area (Å²) in [4.78, 5) is 33.0. The number of fused-ring (bicyclic) bond motifs is 1. The lowest BCUT2D eigenvalue weighted by Crippen LogP contribution is -2.57. The van der Waals surface area contributed by atoms with Crippen LogP contribution in [-0.4, -0.2) is 61.0 Å². The summed E-state index contributed by atoms with van der Waals surface area (Å²) in [5, 5.41) is 2.03. The number of likely N-dealkylation sites (tertiary alicyclic amines) is 1. The third-order valence-corrected chi connectivity index (χ3v) is 6.47. The topological polar surface area (TPSA) is 77.5 Å². The number of halogens is 1. The molecule has 9 heteroatoms. The van der Waals surface area contributed by atoms with E-state index in [1.165, 1.54) is 12.2 Å². The molecule has 1 atom stereocenters. The van der Waals surface area contributed by atoms with Gasteiger partial charge in [0.25, 0.3) is 0 Å². The van der Waals surface area contributed by atoms with Gasteiger partial charge in [-0.3, -0.25) is 19.3 Å². The van der Waals surface area contributed by atoms with Crippen LogP contribution in [0.3, 0.4) is 0 Å². The van der Waals surface area contributed by atoms with Crippen LogP contribution in [0.4, 0.5) is 0 Å². The Morgan fingerprint density at radius 1 is 1.33 bits per heavy atom. The monoisotopic (exact) mass is 436 g/mol. The molecule has 1 spiro atoms. The molecule has 0 aromatic heterocycles. The van der Waals surface area contributed by atoms with E-state index in [-0.39, 0.29) is 31.7 Å². The van der Waals surface area contributed by atoms with Crippen molar-refractivity contribution in [1.82, 2.24) is 9.96 Å². The predicted octanol–water partition coefficient (Wildman–Crippen LogP) is 2.54. The lowest BCUT2D eigenvalue weighted by molar-refractivity contribution is -0.218. The standard InChI is InChI=1S/C21H25ClN2O6/c1-3-8-30-24-19(25)10-15(20(26)27-2)21(24)4-6-23(7-5-21)12-14-9-17-18(11-16(14)22)29-13-28-17/h3,9,11,15H,1,4-8,10,12-13H2,2H3. The van der Waals surface area contributed by atoms with Crippen LogP contribution in [0, 0.1) is 5.92 Å². The Balaban J connectivity index is 1.50. The highest BCUT2D eigenvalue weighted by Crippen LogP contribution is 2.45. The fraction of sp³-hybridized carbons (Fsp3) is 0.524. The summed E-state index contributed by atoms with van der Waals surface area (Å²) >= 11 is 6.43. The smallest absolute Gasteiger partial charge is 0.311 e. The molecule has 0 aliphatic carbocycles. The molecule has 1 unspecified atom stereocenters. The quantitative estimate of drug-likeness (QED) is 0.501. The molecule has 1 aromatic rings. The minimum Gasteiger partial charge on any atom is -0.469 e. The van der Waals surface area contributed by atoms with Crippen molar-refractivity contribution < 1.29 is 28.6 Å². The van der Waals surface area contributed by atoms with Crippen molar-refractivity contribution in [3.8, 4) is 11.5 Å². The third-order valence-electron chi connectivity index (χ3n) is 6.12. The van der Waals surface area contributed by atoms with Crippen molar-refractivity contribution in [2.45, 2.75) is 31.3 Å². The number of hydrogen-bond acceptors (Lipinski definition) is 7. The molecule has 3 aliphatic heterocycles. The molecule has 3 aliphatic rings. The number of ether oxygens (including phenoxy) is 3. The number of carbonyl (C=O) groups excluding carboxylic acids is 2. The molecule has 0 saturated carbocycles. The second kappa shape index (κ2) is 8.45. The summed E-state index contributed by atoms with van der Waals surface area (Å²) in [5.41, 5.74) is 0.242. The number of carbonyl (C=O) groups is 2. The van der Waals surface area contributed by atoms with Crippen LogP contribution in [0.15, 0.2) is 24.8 Å². The maximum Gasteiger partial charge on any atom is 0.311 e. The zero-order valence-corrected chi connectivity index (χ0v) is 17.7. The first-order valence-electron chi connectivity index (χ1n) is 9.93. The molecule has 0 radical (unpaired) electrons. The first kappa shape index (κ1) is 21.0. The number of hydroxylamine groups is 2. The SMILES string of the molecule is C=CCON1C(=O)CC(C(=O)OC)C12CCN(Cc1cc3c(cc1Cl)OCO3)CC2. The fourth-order valence-corrected chi connectivity index (χ4v) is 4.79. The summed E-state index contributed by atoms with van der Waals surface area (Å²) in [6.45, 7) is 6.05. The largest absolute Gasteiger partial charge is 0.469 e. The number of methoxy groups -OCH3 is 1. The van der Waals surface area contributed by atoms with E-state index in [4.69, 9.17) is 30.6 Å². The second-order valence-corrected chi connectivity index (χ2v) is 8.14. The van der Waals surface area contributed by atoms with Crippen LogP contribution < -0.4 is 9.47 Å². The summed E-state index contributed by atoms with van der Waals surface area (Å²) in [6, 6.07) is 3.68. The van der Waals surface area contributed by atoms with Gasteiger partial charge in [0, 0.05) is 37.1 Å². The highest BCUT2D eigenvalue weighted by atomic mass is 35.5. The Bertz CT molecular complexity index is 852. The molecule has 1 aromatic carbocycles. The van der Waals surface area contributed by atoms with E-state index in [1.54, 1.807) is 12.1 Å². The van der Waals surface area contributed by atoms with Gasteiger partial charge in [0.1, 0.15) is 0 Å². The van der Waals surface area contributed by atoms with Crippen LogP contribution in [0.2, 0.25) is 5.02 Å². The van der Waals surface area contributed by atoms with Gasteiger partial charge in [-0.05, 0) is 24.5 Å². The molecule has 0 bridgehead atoms. The summed E-state index contributed by atoms with van der Waals surface area (Å²) in [5.74, 6) is 0.233. The van der Waals surface area contributed by atoms with E-state index in [0.717, 1.165) is 5.56 Å². The molecule has 8 nitrogen and oxygen atoms in total. The van der Waals surface area contributed by atoms with Gasteiger partial charge >= 0.3 is 5.97 Å². The maximum absolute atomic E-state index is 12.6. The van der Waals surface area contributed by atoms with Gasteiger partial charge in [-0.1, -0.05) is 17.7 Å². The highest BCUT2D eigenvalue weighted by molar-refractivity contribution is 6.31. The molecule has 162 valence electrons. The summed E-state index contributed by atoms with van der Waals surface area (Å²) < 4.78 is 15.8. The first-order valence-corrected chi connectivity index (χ1v) is 10.3. The van der Waals surface area contributed by atoms with E-state index in [2.05, 4.69) is 11.5 Å². The number of esters is 1. The van der Waals surface area contributed by atoms with Gasteiger partial charge < -0.3 is 14.2 Å². The number of amides is 1. The number of benzene rings is 1. The minimum absolute atomic E-state index is 0.0950. The van der Waals surface area contributed by atoms with Crippen molar-refractivity contribution >= 4 is 23.5 Å². The average molecular weight is 437 g/mol. The van der Waals surface area contributed by atoms with Gasteiger partial charge in [-0.25, -0.2) is 5.06 Å². The van der Waals surface area contributed by atoms with Crippen LogP contribution in [0.25, 0.3) is 0 Å². The third kappa shape index (κ3) is 3.64. The van der Waals surface area contributed by atoms with E-state index in [1.807, 2.05) is 6.07 Å². The van der Waals surface area contributed by atoms with Gasteiger partial charge in [0.2, 0.25) is 12.7 Å². The minimum atomic E-state index is -0.706. The number of hydrogen-bond donors (Lipinski definition) is 0. The molecule has 2 fully saturated rings. The van der Waals surface area contributed by atoms with E-state index < -0.39 is 11.5 Å². The number of piperidine rings is 1. The van der Waals surface area contributed by atoms with Gasteiger partial charge in [0.05, 0.1) is 25.2 Å². The van der Waals surface area contributed by atoms with Crippen molar-refractivity contribution in [2.24, 2.45) is 5.92 Å². The number of nitrogens with zero attached hydrogens (tertiary/aromatic N) is 2. The predicted molar refractivity (Wildman–Crippen MR) is 108 cm³/mol. The van der Waals surface area contributed by atoms with Crippen LogP contribution in [-0.2, 0) is 25.7 Å². The zero-order chi connectivity index (χ0) is 21.3. The Morgan fingerprint density at radius 3 is 2.70 bits per heavy atom. The Morgan fingerprint density at radius 2 is 2.03 bits per heavy atom. The molecular formula is C21H25ClN2O6. The van der Waals surface area contributed by atoms with E-state index >= 15 is 0 Å². The molecule has 3 heterocycles. The van der Waals surface area contributed by atoms with Crippen LogP contribution in [0.1, 0.15) is 24.8 Å². The molecule has 1 amide bonds. The molecule has 2 saturated heterocycles. The molecular weight excluding hydrogens is 412 g/mol. The fourth-order valence-electron chi connectivity index (χ4n) is 4.58. The normalized spacial score (nSPS) is 22.5. The number of rotatable bonds is 6. The Labute approximate surface area is 180 Å². The molecule has 0 N–H and O–H groups in total. The summed E-state index contributed by atoms with van der Waals surface area (Å²) in [7, 11) is 1.35. The molecule has 30 heavy (non-hydrogen) atoms. The Hall–Kier alpha value is -2.29. The van der Waals surface area contributed by atoms with Gasteiger partial charge in [-0.15, -0.1) is 6.58 Å². The molecule has 4 rings (SSSR count). The van der Waals surface area contributed by atoms with Gasteiger partial charge in [0.15, 0.2) is 11.5 Å². The lowest BCUT2D eigenvalue weighted by atomic mass is 9.77. The maximum atomic E-state index is 12.6. The van der Waals surface area contributed by atoms with Crippen molar-refractivity contribution in [3.05, 3.63) is 35.4 Å². The van der Waals surface area contributed by atoms with Crippen LogP contribution in [0.5, 0.6) is 11.5 Å². The van der Waals surface area contributed by atoms with E-state index in [0.29, 0.717) is 49.0 Å². The second-order valence-electron chi connectivity index (χ2n) is 7.73. The van der Waals surface area contributed by atoms with Crippen molar-refractivity contribution in [2.75, 3.05) is 33.6 Å². The van der Waals surface area contributed by atoms with Crippen molar-refractivity contribution in [3.63, 3.8) is 0 Å². The summed E-state index contributed by atoms with van der Waals surface area (Å²) in [6.07, 6.45) is 2.87. The van der Waals surface area contributed by atoms with Crippen molar-refractivity contribution in [1.29, 1.82) is 0 Å². The Kier molecular flexibility index (Phi) is 5.90. The average Bonchev–Trinajstić information content (AvgIpc) is 3.30. The van der Waals surface area contributed by atoms with E-state index in [9.17, 15) is 9.59 Å².